The first-order valence-corrected chi connectivity index (χ1v) is 15.7. The van der Waals surface area contributed by atoms with Gasteiger partial charge in [-0.1, -0.05) is 36.4 Å². The van der Waals surface area contributed by atoms with E-state index in [1.54, 1.807) is 13.2 Å². The Kier molecular flexibility index (Phi) is 7.97. The van der Waals surface area contributed by atoms with Crippen molar-refractivity contribution >= 4 is 28.1 Å². The van der Waals surface area contributed by atoms with Gasteiger partial charge in [-0.15, -0.1) is 0 Å². The number of benzene rings is 3. The number of methoxy groups -OCH3 is 1. The third-order valence-corrected chi connectivity index (χ3v) is 9.75. The fourth-order valence-electron chi connectivity index (χ4n) is 7.23. The van der Waals surface area contributed by atoms with Crippen LogP contribution in [0.2, 0.25) is 0 Å². The molecule has 1 saturated heterocycles. The van der Waals surface area contributed by atoms with Crippen LogP contribution in [0.15, 0.2) is 60.9 Å². The third kappa shape index (κ3) is 5.42. The van der Waals surface area contributed by atoms with Crippen LogP contribution >= 0.6 is 0 Å². The molecule has 4 aromatic rings. The van der Waals surface area contributed by atoms with Crippen LogP contribution in [-0.2, 0) is 6.54 Å². The molecule has 2 aliphatic heterocycles. The van der Waals surface area contributed by atoms with Crippen LogP contribution < -0.4 is 26.2 Å². The SMILES string of the molecule is COc1ccc(CNc2ccc(C3NN(C4CCC(N5CCN(C)CC5)CC4)c4ncnc(N)c43)cc2F)c2ccccc12. The minimum absolute atomic E-state index is 0.293. The minimum atomic E-state index is -0.323. The molecule has 1 unspecified atom stereocenters. The van der Waals surface area contributed by atoms with Crippen LogP contribution in [0.5, 0.6) is 5.75 Å². The number of hydrogen-bond donors (Lipinski definition) is 3. The summed E-state index contributed by atoms with van der Waals surface area (Å²) in [7, 11) is 3.88. The molecule has 1 atom stereocenters. The Balaban J connectivity index is 1.06. The lowest BCUT2D eigenvalue weighted by Gasteiger charge is -2.42. The van der Waals surface area contributed by atoms with Crippen LogP contribution in [0.3, 0.4) is 0 Å². The Labute approximate surface area is 258 Å². The first-order valence-electron chi connectivity index (χ1n) is 15.7. The summed E-state index contributed by atoms with van der Waals surface area (Å²) in [6, 6.07) is 18.0. The molecule has 3 heterocycles. The molecule has 0 bridgehead atoms. The van der Waals surface area contributed by atoms with E-state index in [0.717, 1.165) is 90.9 Å². The second-order valence-corrected chi connectivity index (χ2v) is 12.3. The van der Waals surface area contributed by atoms with Crippen molar-refractivity contribution in [3.63, 3.8) is 0 Å². The van der Waals surface area contributed by atoms with Gasteiger partial charge in [0.1, 0.15) is 23.7 Å². The third-order valence-electron chi connectivity index (χ3n) is 9.75. The summed E-state index contributed by atoms with van der Waals surface area (Å²) in [6.45, 7) is 5.06. The molecule has 0 radical (unpaired) electrons. The highest BCUT2D eigenvalue weighted by molar-refractivity contribution is 5.91. The van der Waals surface area contributed by atoms with E-state index >= 15 is 4.39 Å². The maximum absolute atomic E-state index is 15.6. The molecule has 9 nitrogen and oxygen atoms in total. The smallest absolute Gasteiger partial charge is 0.153 e. The fourth-order valence-corrected chi connectivity index (χ4v) is 7.23. The van der Waals surface area contributed by atoms with E-state index in [0.29, 0.717) is 30.1 Å². The lowest BCUT2D eigenvalue weighted by molar-refractivity contribution is 0.0868. The number of anilines is 3. The summed E-state index contributed by atoms with van der Waals surface area (Å²) in [5.41, 5.74) is 13.2. The molecule has 10 heteroatoms. The van der Waals surface area contributed by atoms with Crippen molar-refractivity contribution in [1.29, 1.82) is 0 Å². The number of piperazine rings is 1. The van der Waals surface area contributed by atoms with E-state index in [4.69, 9.17) is 10.5 Å². The monoisotopic (exact) mass is 596 g/mol. The van der Waals surface area contributed by atoms with Gasteiger partial charge in [0, 0.05) is 50.2 Å². The Morgan fingerprint density at radius 3 is 2.45 bits per heavy atom. The number of ether oxygens (including phenoxy) is 1. The fraction of sp³-hybridized carbons (Fsp3) is 0.412. The highest BCUT2D eigenvalue weighted by atomic mass is 19.1. The van der Waals surface area contributed by atoms with E-state index in [2.05, 4.69) is 48.6 Å². The Morgan fingerprint density at radius 1 is 0.955 bits per heavy atom. The Morgan fingerprint density at radius 2 is 1.70 bits per heavy atom. The van der Waals surface area contributed by atoms with Gasteiger partial charge in [-0.3, -0.25) is 9.91 Å². The molecule has 0 amide bonds. The number of rotatable bonds is 7. The van der Waals surface area contributed by atoms with Crippen LogP contribution in [0, 0.1) is 5.82 Å². The number of fused-ring (bicyclic) bond motifs is 2. The summed E-state index contributed by atoms with van der Waals surface area (Å²) >= 11 is 0. The molecule has 7 rings (SSSR count). The molecule has 0 spiro atoms. The van der Waals surface area contributed by atoms with Gasteiger partial charge in [0.05, 0.1) is 24.4 Å². The number of nitrogens with one attached hydrogen (secondary N) is 2. The first-order chi connectivity index (χ1) is 21.5. The van der Waals surface area contributed by atoms with E-state index in [-0.39, 0.29) is 11.9 Å². The second kappa shape index (κ2) is 12.2. The first kappa shape index (κ1) is 28.8. The van der Waals surface area contributed by atoms with E-state index in [1.165, 1.54) is 6.33 Å². The molecular formula is C34H41FN8O. The van der Waals surface area contributed by atoms with Gasteiger partial charge >= 0.3 is 0 Å². The Hall–Kier alpha value is -3.99. The number of likely N-dealkylation sites (N-methyl/N-ethyl adjacent to an activating group) is 1. The quantitative estimate of drug-likeness (QED) is 0.274. The van der Waals surface area contributed by atoms with Gasteiger partial charge in [0.15, 0.2) is 5.82 Å². The number of aromatic nitrogens is 2. The maximum Gasteiger partial charge on any atom is 0.153 e. The zero-order valence-electron chi connectivity index (χ0n) is 25.5. The summed E-state index contributed by atoms with van der Waals surface area (Å²) < 4.78 is 21.1. The average molecular weight is 597 g/mol. The van der Waals surface area contributed by atoms with Gasteiger partial charge in [0.25, 0.3) is 0 Å². The van der Waals surface area contributed by atoms with E-state index in [1.807, 2.05) is 42.5 Å². The number of nitrogens with two attached hydrogens (primary N) is 1. The van der Waals surface area contributed by atoms with Crippen molar-refractivity contribution in [2.75, 3.05) is 56.4 Å². The lowest BCUT2D eigenvalue weighted by Crippen LogP contribution is -2.52. The van der Waals surface area contributed by atoms with Crippen molar-refractivity contribution in [3.05, 3.63) is 83.4 Å². The van der Waals surface area contributed by atoms with Crippen molar-refractivity contribution in [2.45, 2.75) is 50.4 Å². The van der Waals surface area contributed by atoms with Crippen LogP contribution in [-0.4, -0.2) is 72.2 Å². The number of nitrogens with zero attached hydrogens (tertiary/aromatic N) is 5. The normalized spacial score (nSPS) is 22.7. The maximum atomic E-state index is 15.6. The largest absolute Gasteiger partial charge is 0.496 e. The van der Waals surface area contributed by atoms with Crippen LogP contribution in [0.25, 0.3) is 10.8 Å². The summed E-state index contributed by atoms with van der Waals surface area (Å²) in [5, 5.41) is 7.59. The molecule has 3 aliphatic rings. The molecule has 2 fully saturated rings. The lowest BCUT2D eigenvalue weighted by atomic mass is 9.89. The molecular weight excluding hydrogens is 555 g/mol. The van der Waals surface area contributed by atoms with Crippen molar-refractivity contribution < 1.29 is 9.13 Å². The summed E-state index contributed by atoms with van der Waals surface area (Å²) in [5.74, 6) is 1.74. The van der Waals surface area contributed by atoms with Gasteiger partial charge in [0.2, 0.25) is 0 Å². The summed E-state index contributed by atoms with van der Waals surface area (Å²) in [4.78, 5) is 14.0. The van der Waals surface area contributed by atoms with Gasteiger partial charge in [-0.05, 0) is 67.4 Å². The van der Waals surface area contributed by atoms with Gasteiger partial charge in [-0.25, -0.2) is 19.8 Å². The van der Waals surface area contributed by atoms with Gasteiger partial charge < -0.3 is 20.7 Å². The van der Waals surface area contributed by atoms with Crippen LogP contribution in [0.4, 0.5) is 21.7 Å². The summed E-state index contributed by atoms with van der Waals surface area (Å²) in [6.07, 6.45) is 5.98. The topological polar surface area (TPSA) is 94.8 Å². The molecule has 1 saturated carbocycles. The highest BCUT2D eigenvalue weighted by Gasteiger charge is 2.39. The Bertz CT molecular complexity index is 1630. The minimum Gasteiger partial charge on any atom is -0.496 e. The molecule has 3 aromatic carbocycles. The van der Waals surface area contributed by atoms with Gasteiger partial charge in [-0.2, -0.15) is 0 Å². The predicted octanol–water partition coefficient (Wildman–Crippen LogP) is 4.94. The molecule has 1 aliphatic carbocycles. The average Bonchev–Trinajstić information content (AvgIpc) is 3.45. The van der Waals surface area contributed by atoms with Crippen LogP contribution in [0.1, 0.15) is 48.4 Å². The molecule has 44 heavy (non-hydrogen) atoms. The number of nitrogen functional groups attached to an aromatic ring is 1. The number of hydrogen-bond acceptors (Lipinski definition) is 9. The second-order valence-electron chi connectivity index (χ2n) is 12.3. The molecule has 4 N–H and O–H groups in total. The van der Waals surface area contributed by atoms with Crippen molar-refractivity contribution in [2.24, 2.45) is 0 Å². The predicted molar refractivity (Wildman–Crippen MR) is 173 cm³/mol. The zero-order valence-corrected chi connectivity index (χ0v) is 25.5. The zero-order chi connectivity index (χ0) is 30.2. The van der Waals surface area contributed by atoms with E-state index < -0.39 is 0 Å². The van der Waals surface area contributed by atoms with Crippen molar-refractivity contribution in [1.82, 2.24) is 25.2 Å². The molecule has 1 aromatic heterocycles. The molecule has 230 valence electrons. The highest BCUT2D eigenvalue weighted by Crippen LogP contribution is 2.42. The number of halogens is 1. The van der Waals surface area contributed by atoms with Crippen molar-refractivity contribution in [3.8, 4) is 5.75 Å². The number of hydrazine groups is 1. The standard InChI is InChI=1S/C34H41FN8O/c1-41-15-17-42(18-16-41)24-9-11-25(12-10-24)43-34-31(33(36)38-21-39-34)32(40-43)22-7-13-29(28(35)19-22)37-20-23-8-14-30(44-2)27-6-4-3-5-26(23)27/h3-8,13-14,19,21,24-25,32,37,40H,9-12,15-18,20H2,1-2H3,(H2,36,38,39). The van der Waals surface area contributed by atoms with E-state index in [9.17, 15) is 0 Å².